The Kier molecular flexibility index (Phi) is 8.12. The number of benzene rings is 7. The Morgan fingerprint density at radius 2 is 1.31 bits per heavy atom. The number of allylic oxidation sites excluding steroid dienone is 3. The van der Waals surface area contributed by atoms with Crippen molar-refractivity contribution in [3.63, 3.8) is 0 Å². The number of para-hydroxylation sites is 1. The van der Waals surface area contributed by atoms with Crippen LogP contribution in [0.4, 0.5) is 17.1 Å². The van der Waals surface area contributed by atoms with Crippen LogP contribution in [0, 0.1) is 5.92 Å². The summed E-state index contributed by atoms with van der Waals surface area (Å²) in [6, 6.07) is 57.8. The van der Waals surface area contributed by atoms with Gasteiger partial charge in [0.25, 0.3) is 0 Å². The second-order valence-electron chi connectivity index (χ2n) is 14.0. The number of hydrogen-bond donors (Lipinski definition) is 2. The summed E-state index contributed by atoms with van der Waals surface area (Å²) in [5.74, 6) is 1.15. The minimum Gasteiger partial charge on any atom is -0.454 e. The Balaban J connectivity index is 1.16. The summed E-state index contributed by atoms with van der Waals surface area (Å²) < 4.78 is 6.92. The van der Waals surface area contributed by atoms with Crippen LogP contribution in [0.5, 0.6) is 0 Å². The van der Waals surface area contributed by atoms with Gasteiger partial charge in [0.2, 0.25) is 0 Å². The third kappa shape index (κ3) is 5.85. The first-order valence-electron chi connectivity index (χ1n) is 18.6. The standard InChI is InChI=1S/C49H38N4O/c1-4-14-33(15-5-1)35-24-27-39(28-25-35)53(40-29-26-34-16-10-11-21-38(34)32-40)43-31-30-42(45-41-22-12-13-23-44(41)54-46(43)45)49-51-47(36-17-6-2-7-18-36)50-48(52-49)37-19-8-3-9-20-37/h1-19,21-32,37,48-49,52H,20H2,(H,50,51). The molecule has 1 aliphatic carbocycles. The normalized spacial score (nSPS) is 18.1. The second-order valence-corrected chi connectivity index (χ2v) is 14.0. The van der Waals surface area contributed by atoms with Gasteiger partial charge in [-0.25, -0.2) is 4.99 Å². The number of aliphatic imine (C=N–C) groups is 1. The lowest BCUT2D eigenvalue weighted by Gasteiger charge is -2.36. The fraction of sp³-hybridized carbons (Fsp3) is 0.0816. The molecule has 0 fully saturated rings. The molecule has 3 atom stereocenters. The molecule has 54 heavy (non-hydrogen) atoms. The summed E-state index contributed by atoms with van der Waals surface area (Å²) in [7, 11) is 0. The molecule has 0 amide bonds. The van der Waals surface area contributed by atoms with E-state index in [9.17, 15) is 0 Å². The van der Waals surface area contributed by atoms with Gasteiger partial charge in [-0.2, -0.15) is 0 Å². The van der Waals surface area contributed by atoms with E-state index in [4.69, 9.17) is 9.41 Å². The maximum absolute atomic E-state index is 6.92. The lowest BCUT2D eigenvalue weighted by atomic mass is 9.95. The van der Waals surface area contributed by atoms with Gasteiger partial charge in [0.15, 0.2) is 5.58 Å². The number of furan rings is 1. The van der Waals surface area contributed by atoms with Crippen LogP contribution >= 0.6 is 0 Å². The monoisotopic (exact) mass is 698 g/mol. The van der Waals surface area contributed by atoms with Crippen molar-refractivity contribution in [1.82, 2.24) is 10.6 Å². The van der Waals surface area contributed by atoms with Crippen molar-refractivity contribution < 1.29 is 4.42 Å². The number of nitrogens with zero attached hydrogens (tertiary/aromatic N) is 2. The van der Waals surface area contributed by atoms with Crippen LogP contribution in [0.2, 0.25) is 0 Å². The molecule has 2 heterocycles. The van der Waals surface area contributed by atoms with E-state index in [0.717, 1.165) is 62.4 Å². The van der Waals surface area contributed by atoms with Crippen LogP contribution in [0.3, 0.4) is 0 Å². The number of rotatable bonds is 7. The molecule has 260 valence electrons. The lowest BCUT2D eigenvalue weighted by molar-refractivity contribution is 0.329. The van der Waals surface area contributed by atoms with Crippen LogP contribution in [-0.2, 0) is 0 Å². The molecular formula is C49H38N4O. The van der Waals surface area contributed by atoms with Crippen molar-refractivity contribution in [2.45, 2.75) is 18.8 Å². The summed E-state index contributed by atoms with van der Waals surface area (Å²) in [5, 5.41) is 12.1. The predicted molar refractivity (Wildman–Crippen MR) is 224 cm³/mol. The smallest absolute Gasteiger partial charge is 0.159 e. The quantitative estimate of drug-likeness (QED) is 0.174. The van der Waals surface area contributed by atoms with Gasteiger partial charge in [0.05, 0.1) is 11.9 Å². The Hall–Kier alpha value is -6.69. The molecule has 5 nitrogen and oxygen atoms in total. The van der Waals surface area contributed by atoms with Gasteiger partial charge in [-0.15, -0.1) is 0 Å². The molecule has 5 heteroatoms. The predicted octanol–water partition coefficient (Wildman–Crippen LogP) is 12.0. The SMILES string of the molecule is C1=CCC(C2NC(c3ccccc3)=NC(c3ccc(N(c4ccc(-c5ccccc5)cc4)c4ccc5ccccc5c4)c4oc5ccccc5c34)N2)C=C1. The first kappa shape index (κ1) is 32.0. The molecule has 10 rings (SSSR count). The van der Waals surface area contributed by atoms with E-state index in [0.29, 0.717) is 0 Å². The number of nitrogens with one attached hydrogen (secondary N) is 2. The van der Waals surface area contributed by atoms with Gasteiger partial charge in [-0.3, -0.25) is 5.32 Å². The van der Waals surface area contributed by atoms with Gasteiger partial charge in [0, 0.05) is 39.2 Å². The van der Waals surface area contributed by atoms with Crippen LogP contribution < -0.4 is 15.5 Å². The van der Waals surface area contributed by atoms with E-state index in [1.54, 1.807) is 0 Å². The highest BCUT2D eigenvalue weighted by Crippen LogP contribution is 2.46. The molecule has 1 aromatic heterocycles. The maximum Gasteiger partial charge on any atom is 0.159 e. The van der Waals surface area contributed by atoms with E-state index in [1.165, 1.54) is 21.9 Å². The van der Waals surface area contributed by atoms with E-state index >= 15 is 0 Å². The fourth-order valence-electron chi connectivity index (χ4n) is 7.97. The average molecular weight is 699 g/mol. The van der Waals surface area contributed by atoms with Gasteiger partial charge in [0.1, 0.15) is 17.6 Å². The molecule has 8 aromatic rings. The van der Waals surface area contributed by atoms with Gasteiger partial charge in [-0.05, 0) is 64.7 Å². The van der Waals surface area contributed by atoms with E-state index in [2.05, 4.69) is 191 Å². The number of anilines is 3. The maximum atomic E-state index is 6.92. The summed E-state index contributed by atoms with van der Waals surface area (Å²) in [6.45, 7) is 0. The van der Waals surface area contributed by atoms with Crippen molar-refractivity contribution >= 4 is 55.6 Å². The van der Waals surface area contributed by atoms with Gasteiger partial charge in [-0.1, -0.05) is 152 Å². The molecule has 2 aliphatic rings. The van der Waals surface area contributed by atoms with E-state index in [1.807, 2.05) is 12.1 Å². The Bertz CT molecular complexity index is 2710. The first-order valence-corrected chi connectivity index (χ1v) is 18.6. The first-order chi connectivity index (χ1) is 26.8. The minimum atomic E-state index is -0.317. The molecule has 7 aromatic carbocycles. The van der Waals surface area contributed by atoms with Crippen molar-refractivity contribution in [3.05, 3.63) is 199 Å². The average Bonchev–Trinajstić information content (AvgIpc) is 3.65. The third-order valence-corrected chi connectivity index (χ3v) is 10.7. The molecule has 1 aliphatic heterocycles. The molecule has 0 radical (unpaired) electrons. The number of amidine groups is 1. The summed E-state index contributed by atoms with van der Waals surface area (Å²) in [6.07, 6.45) is 9.40. The highest BCUT2D eigenvalue weighted by molar-refractivity contribution is 6.12. The Morgan fingerprint density at radius 1 is 0.611 bits per heavy atom. The molecule has 0 spiro atoms. The van der Waals surface area contributed by atoms with Crippen LogP contribution in [0.25, 0.3) is 43.8 Å². The summed E-state index contributed by atoms with van der Waals surface area (Å²) in [4.78, 5) is 7.69. The second kappa shape index (κ2) is 13.7. The van der Waals surface area contributed by atoms with Crippen molar-refractivity contribution in [2.24, 2.45) is 10.9 Å². The highest BCUT2D eigenvalue weighted by atomic mass is 16.3. The molecule has 0 saturated heterocycles. The zero-order valence-corrected chi connectivity index (χ0v) is 29.6. The largest absolute Gasteiger partial charge is 0.454 e. The number of fused-ring (bicyclic) bond motifs is 4. The molecule has 0 saturated carbocycles. The van der Waals surface area contributed by atoms with E-state index < -0.39 is 0 Å². The zero-order valence-electron chi connectivity index (χ0n) is 29.6. The summed E-state index contributed by atoms with van der Waals surface area (Å²) in [5.41, 5.74) is 9.23. The molecule has 0 bridgehead atoms. The lowest BCUT2D eigenvalue weighted by Crippen LogP contribution is -2.54. The Labute approximate surface area is 314 Å². The molecule has 3 unspecified atom stereocenters. The zero-order chi connectivity index (χ0) is 35.8. The topological polar surface area (TPSA) is 52.8 Å². The minimum absolute atomic E-state index is 0.0194. The van der Waals surface area contributed by atoms with Crippen molar-refractivity contribution in [1.29, 1.82) is 0 Å². The fourth-order valence-corrected chi connectivity index (χ4v) is 7.97. The molecule has 2 N–H and O–H groups in total. The third-order valence-electron chi connectivity index (χ3n) is 10.7. The van der Waals surface area contributed by atoms with Crippen molar-refractivity contribution in [3.8, 4) is 11.1 Å². The van der Waals surface area contributed by atoms with Crippen LogP contribution in [0.1, 0.15) is 23.7 Å². The van der Waals surface area contributed by atoms with Crippen molar-refractivity contribution in [2.75, 3.05) is 4.90 Å². The van der Waals surface area contributed by atoms with E-state index in [-0.39, 0.29) is 18.2 Å². The highest BCUT2D eigenvalue weighted by Gasteiger charge is 2.32. The Morgan fingerprint density at radius 3 is 2.11 bits per heavy atom. The van der Waals surface area contributed by atoms with Gasteiger partial charge >= 0.3 is 0 Å². The van der Waals surface area contributed by atoms with Crippen LogP contribution in [-0.4, -0.2) is 12.0 Å². The van der Waals surface area contributed by atoms with Gasteiger partial charge < -0.3 is 14.6 Å². The molecular weight excluding hydrogens is 661 g/mol. The van der Waals surface area contributed by atoms with Crippen LogP contribution in [0.15, 0.2) is 198 Å². The number of hydrogen-bond acceptors (Lipinski definition) is 5. The summed E-state index contributed by atoms with van der Waals surface area (Å²) >= 11 is 0.